The molecule has 0 radical (unpaired) electrons. The molecule has 0 aliphatic heterocycles. The molecule has 3 rings (SSSR count). The molecule has 126 valence electrons. The van der Waals surface area contributed by atoms with Crippen molar-refractivity contribution >= 4 is 21.5 Å². The normalized spacial score (nSPS) is 11.6. The summed E-state index contributed by atoms with van der Waals surface area (Å²) in [7, 11) is -3.93. The first-order valence-corrected chi connectivity index (χ1v) is 8.66. The number of aromatic nitrogens is 3. The minimum Gasteiger partial charge on any atom is -0.380 e. The van der Waals surface area contributed by atoms with Crippen LogP contribution in [0.25, 0.3) is 5.69 Å². The Labute approximate surface area is 139 Å². The summed E-state index contributed by atoms with van der Waals surface area (Å²) in [5.74, 6) is -0.0449. The SMILES string of the molecule is Cc1nn(-c2ccccc2)c(C)c1NS(=O)(=O)c1c(N)noc1C. The van der Waals surface area contributed by atoms with Crippen molar-refractivity contribution in [2.45, 2.75) is 25.7 Å². The molecule has 3 aromatic rings. The highest BCUT2D eigenvalue weighted by atomic mass is 32.2. The monoisotopic (exact) mass is 347 g/mol. The maximum Gasteiger partial charge on any atom is 0.269 e. The van der Waals surface area contributed by atoms with Crippen molar-refractivity contribution < 1.29 is 12.9 Å². The number of aryl methyl sites for hydroxylation is 2. The van der Waals surface area contributed by atoms with Crippen molar-refractivity contribution in [3.63, 3.8) is 0 Å². The summed E-state index contributed by atoms with van der Waals surface area (Å²) in [6.45, 7) is 5.01. The number of benzene rings is 1. The Hall–Kier alpha value is -2.81. The Morgan fingerprint density at radius 2 is 1.83 bits per heavy atom. The molecule has 1 aromatic carbocycles. The van der Waals surface area contributed by atoms with Gasteiger partial charge in [-0.25, -0.2) is 13.1 Å². The summed E-state index contributed by atoms with van der Waals surface area (Å²) in [6.07, 6.45) is 0. The third kappa shape index (κ3) is 2.62. The fourth-order valence-corrected chi connectivity index (χ4v) is 3.90. The van der Waals surface area contributed by atoms with Gasteiger partial charge in [-0.1, -0.05) is 23.4 Å². The van der Waals surface area contributed by atoms with Gasteiger partial charge in [-0.05, 0) is 32.9 Å². The van der Waals surface area contributed by atoms with E-state index in [1.54, 1.807) is 18.5 Å². The largest absolute Gasteiger partial charge is 0.380 e. The fraction of sp³-hybridized carbons (Fsp3) is 0.200. The number of hydrogen-bond acceptors (Lipinski definition) is 6. The zero-order valence-electron chi connectivity index (χ0n) is 13.4. The molecule has 3 N–H and O–H groups in total. The van der Waals surface area contributed by atoms with E-state index in [2.05, 4.69) is 15.0 Å². The van der Waals surface area contributed by atoms with Crippen molar-refractivity contribution in [2.75, 3.05) is 10.5 Å². The molecular formula is C15H17N5O3S. The van der Waals surface area contributed by atoms with Crippen LogP contribution in [0.15, 0.2) is 39.8 Å². The van der Waals surface area contributed by atoms with Gasteiger partial charge in [0.1, 0.15) is 0 Å². The lowest BCUT2D eigenvalue weighted by atomic mass is 10.3. The highest BCUT2D eigenvalue weighted by molar-refractivity contribution is 7.93. The molecule has 0 unspecified atom stereocenters. The summed E-state index contributed by atoms with van der Waals surface area (Å²) in [5.41, 5.74) is 8.06. The first-order chi connectivity index (χ1) is 11.3. The van der Waals surface area contributed by atoms with E-state index >= 15 is 0 Å². The lowest BCUT2D eigenvalue weighted by molar-refractivity contribution is 0.396. The van der Waals surface area contributed by atoms with Gasteiger partial charge in [0.05, 0.1) is 22.8 Å². The van der Waals surface area contributed by atoms with Crippen LogP contribution in [0.5, 0.6) is 0 Å². The van der Waals surface area contributed by atoms with E-state index in [0.29, 0.717) is 17.1 Å². The van der Waals surface area contributed by atoms with E-state index in [9.17, 15) is 8.42 Å². The van der Waals surface area contributed by atoms with Crippen LogP contribution in [0.4, 0.5) is 11.5 Å². The summed E-state index contributed by atoms with van der Waals surface area (Å²) in [4.78, 5) is -0.159. The van der Waals surface area contributed by atoms with Crippen molar-refractivity contribution in [3.8, 4) is 5.69 Å². The number of rotatable bonds is 4. The van der Waals surface area contributed by atoms with Crippen LogP contribution in [0.1, 0.15) is 17.1 Å². The Balaban J connectivity index is 2.04. The molecule has 0 atom stereocenters. The number of para-hydroxylation sites is 1. The van der Waals surface area contributed by atoms with Gasteiger partial charge < -0.3 is 10.3 Å². The van der Waals surface area contributed by atoms with Crippen molar-refractivity contribution in [2.24, 2.45) is 0 Å². The van der Waals surface area contributed by atoms with Crippen molar-refractivity contribution in [3.05, 3.63) is 47.5 Å². The zero-order valence-corrected chi connectivity index (χ0v) is 14.3. The van der Waals surface area contributed by atoms with Crippen LogP contribution in [-0.4, -0.2) is 23.4 Å². The molecule has 2 aromatic heterocycles. The lowest BCUT2D eigenvalue weighted by Gasteiger charge is -2.08. The molecule has 0 bridgehead atoms. The van der Waals surface area contributed by atoms with Crippen LogP contribution >= 0.6 is 0 Å². The third-order valence-electron chi connectivity index (χ3n) is 3.63. The van der Waals surface area contributed by atoms with Crippen LogP contribution in [0.3, 0.4) is 0 Å². The van der Waals surface area contributed by atoms with E-state index in [4.69, 9.17) is 10.3 Å². The van der Waals surface area contributed by atoms with Gasteiger partial charge in [0, 0.05) is 0 Å². The summed E-state index contributed by atoms with van der Waals surface area (Å²) >= 11 is 0. The van der Waals surface area contributed by atoms with Crippen molar-refractivity contribution in [1.29, 1.82) is 0 Å². The number of sulfonamides is 1. The maximum atomic E-state index is 12.6. The quantitative estimate of drug-likeness (QED) is 0.747. The molecule has 0 fully saturated rings. The zero-order chi connectivity index (χ0) is 17.5. The van der Waals surface area contributed by atoms with Gasteiger partial charge in [0.2, 0.25) is 0 Å². The first kappa shape index (κ1) is 16.1. The number of nitrogens with zero attached hydrogens (tertiary/aromatic N) is 3. The average molecular weight is 347 g/mol. The highest BCUT2D eigenvalue weighted by Crippen LogP contribution is 2.28. The Kier molecular flexibility index (Phi) is 3.80. The van der Waals surface area contributed by atoms with Crippen LogP contribution in [-0.2, 0) is 10.0 Å². The van der Waals surface area contributed by atoms with Crippen LogP contribution in [0, 0.1) is 20.8 Å². The molecule has 24 heavy (non-hydrogen) atoms. The molecule has 0 spiro atoms. The summed E-state index contributed by atoms with van der Waals surface area (Å²) in [5, 5.41) is 7.89. The summed E-state index contributed by atoms with van der Waals surface area (Å²) in [6, 6.07) is 9.45. The molecular weight excluding hydrogens is 330 g/mol. The van der Waals surface area contributed by atoms with Gasteiger partial charge in [-0.15, -0.1) is 0 Å². The Morgan fingerprint density at radius 1 is 1.17 bits per heavy atom. The van der Waals surface area contributed by atoms with Gasteiger partial charge in [0.15, 0.2) is 16.5 Å². The third-order valence-corrected chi connectivity index (χ3v) is 5.14. The molecule has 8 nitrogen and oxygen atoms in total. The molecule has 0 aliphatic rings. The molecule has 9 heteroatoms. The van der Waals surface area contributed by atoms with E-state index in [-0.39, 0.29) is 16.5 Å². The number of nitrogens with one attached hydrogen (secondary N) is 1. The van der Waals surface area contributed by atoms with E-state index in [1.165, 1.54) is 6.92 Å². The number of anilines is 2. The van der Waals surface area contributed by atoms with E-state index in [0.717, 1.165) is 5.69 Å². The maximum absolute atomic E-state index is 12.6. The highest BCUT2D eigenvalue weighted by Gasteiger charge is 2.27. The number of nitrogen functional groups attached to an aromatic ring is 1. The molecule has 0 saturated carbocycles. The van der Waals surface area contributed by atoms with Gasteiger partial charge in [-0.2, -0.15) is 5.10 Å². The van der Waals surface area contributed by atoms with Crippen molar-refractivity contribution in [1.82, 2.24) is 14.9 Å². The molecule has 0 saturated heterocycles. The van der Waals surface area contributed by atoms with E-state index in [1.807, 2.05) is 30.3 Å². The van der Waals surface area contributed by atoms with Crippen LogP contribution in [0.2, 0.25) is 0 Å². The van der Waals surface area contributed by atoms with E-state index < -0.39 is 10.0 Å². The van der Waals surface area contributed by atoms with Gasteiger partial charge in [0.25, 0.3) is 10.0 Å². The van der Waals surface area contributed by atoms with Gasteiger partial charge >= 0.3 is 0 Å². The van der Waals surface area contributed by atoms with Gasteiger partial charge in [-0.3, -0.25) is 4.72 Å². The Morgan fingerprint density at radius 3 is 2.42 bits per heavy atom. The van der Waals surface area contributed by atoms with Crippen LogP contribution < -0.4 is 10.5 Å². The first-order valence-electron chi connectivity index (χ1n) is 7.17. The molecule has 0 amide bonds. The standard InChI is InChI=1S/C15H17N5O3S/c1-9-13(10(2)20(17-9)12-7-5-4-6-8-12)19-24(21,22)14-11(3)23-18-15(14)16/h4-8,19H,1-3H3,(H2,16,18). The summed E-state index contributed by atoms with van der Waals surface area (Å²) < 4.78 is 34.3. The number of nitrogens with two attached hydrogens (primary N) is 1. The second-order valence-electron chi connectivity index (χ2n) is 5.35. The smallest absolute Gasteiger partial charge is 0.269 e. The predicted molar refractivity (Wildman–Crippen MR) is 89.5 cm³/mol. The number of hydrogen-bond donors (Lipinski definition) is 2. The predicted octanol–water partition coefficient (Wildman–Crippen LogP) is 2.17. The average Bonchev–Trinajstić information content (AvgIpc) is 3.02. The second kappa shape index (κ2) is 5.68. The minimum atomic E-state index is -3.93. The minimum absolute atomic E-state index is 0.130. The molecule has 2 heterocycles. The lowest BCUT2D eigenvalue weighted by Crippen LogP contribution is -2.16. The second-order valence-corrected chi connectivity index (χ2v) is 6.97. The topological polar surface area (TPSA) is 116 Å². The Bertz CT molecular complexity index is 970. The fourth-order valence-electron chi connectivity index (χ4n) is 2.50. The molecule has 0 aliphatic carbocycles.